The van der Waals surface area contributed by atoms with Crippen molar-refractivity contribution in [2.75, 3.05) is 32.7 Å². The summed E-state index contributed by atoms with van der Waals surface area (Å²) in [5, 5.41) is 6.82. The zero-order valence-electron chi connectivity index (χ0n) is 14.9. The van der Waals surface area contributed by atoms with E-state index in [1.54, 1.807) is 14.2 Å². The predicted octanol–water partition coefficient (Wildman–Crippen LogP) is 3.90. The normalized spacial score (nSPS) is 19.4. The van der Waals surface area contributed by atoms with Gasteiger partial charge in [-0.15, -0.1) is 24.0 Å². The van der Waals surface area contributed by atoms with Crippen LogP contribution in [-0.2, 0) is 4.74 Å². The Bertz CT molecular complexity index is 511. The molecule has 24 heavy (non-hydrogen) atoms. The molecule has 0 saturated heterocycles. The molecule has 2 N–H and O–H groups in total. The molecule has 136 valence electrons. The van der Waals surface area contributed by atoms with Crippen LogP contribution in [0.4, 0.5) is 5.69 Å². The van der Waals surface area contributed by atoms with Crippen molar-refractivity contribution >= 4 is 35.6 Å². The second kappa shape index (κ2) is 11.5. The summed E-state index contributed by atoms with van der Waals surface area (Å²) in [5.41, 5.74) is 0.982. The van der Waals surface area contributed by atoms with Gasteiger partial charge < -0.3 is 20.1 Å². The molecule has 1 fully saturated rings. The smallest absolute Gasteiger partial charge is 0.195 e. The standard InChI is InChI=1S/C18H29N3O2.HI/c1-4-7-14-12-17(14)21-18(19-2)20-15-8-5-9-16(13-15)23-11-6-10-22-3;/h5,8-9,13-14,17H,4,6-7,10-12H2,1-3H3,(H2,19,20,21);1H. The number of guanidine groups is 1. The van der Waals surface area contributed by atoms with Gasteiger partial charge in [0.2, 0.25) is 0 Å². The average molecular weight is 447 g/mol. The molecule has 2 rings (SSSR count). The van der Waals surface area contributed by atoms with Crippen LogP contribution in [0.5, 0.6) is 5.75 Å². The van der Waals surface area contributed by atoms with Crippen molar-refractivity contribution in [3.8, 4) is 5.75 Å². The van der Waals surface area contributed by atoms with Crippen molar-refractivity contribution in [2.24, 2.45) is 10.9 Å². The summed E-state index contributed by atoms with van der Waals surface area (Å²) in [5.74, 6) is 2.48. The van der Waals surface area contributed by atoms with E-state index in [4.69, 9.17) is 9.47 Å². The van der Waals surface area contributed by atoms with E-state index in [0.717, 1.165) is 36.3 Å². The molecule has 0 heterocycles. The van der Waals surface area contributed by atoms with Crippen LogP contribution in [0, 0.1) is 5.92 Å². The first kappa shape index (κ1) is 21.0. The van der Waals surface area contributed by atoms with E-state index < -0.39 is 0 Å². The van der Waals surface area contributed by atoms with Crippen LogP contribution in [-0.4, -0.2) is 39.4 Å². The van der Waals surface area contributed by atoms with Gasteiger partial charge in [0.25, 0.3) is 0 Å². The second-order valence-corrected chi connectivity index (χ2v) is 5.96. The molecule has 0 aromatic heterocycles. The van der Waals surface area contributed by atoms with Crippen LogP contribution in [0.3, 0.4) is 0 Å². The van der Waals surface area contributed by atoms with Gasteiger partial charge in [-0.1, -0.05) is 19.4 Å². The quantitative estimate of drug-likeness (QED) is 0.261. The minimum Gasteiger partial charge on any atom is -0.493 e. The van der Waals surface area contributed by atoms with Crippen molar-refractivity contribution in [2.45, 2.75) is 38.6 Å². The Morgan fingerprint density at radius 1 is 1.33 bits per heavy atom. The van der Waals surface area contributed by atoms with Crippen LogP contribution in [0.15, 0.2) is 29.3 Å². The molecule has 2 atom stereocenters. The lowest BCUT2D eigenvalue weighted by molar-refractivity contribution is 0.172. The first-order chi connectivity index (χ1) is 11.3. The summed E-state index contributed by atoms with van der Waals surface area (Å²) in [6.45, 7) is 3.61. The van der Waals surface area contributed by atoms with Gasteiger partial charge in [0.15, 0.2) is 5.96 Å². The number of methoxy groups -OCH3 is 1. The Morgan fingerprint density at radius 3 is 2.88 bits per heavy atom. The number of benzene rings is 1. The summed E-state index contributed by atoms with van der Waals surface area (Å²) in [6, 6.07) is 8.53. The van der Waals surface area contributed by atoms with Crippen molar-refractivity contribution in [1.82, 2.24) is 5.32 Å². The number of rotatable bonds is 9. The van der Waals surface area contributed by atoms with Crippen molar-refractivity contribution in [3.05, 3.63) is 24.3 Å². The van der Waals surface area contributed by atoms with Gasteiger partial charge >= 0.3 is 0 Å². The summed E-state index contributed by atoms with van der Waals surface area (Å²) in [6.07, 6.45) is 4.67. The minimum absolute atomic E-state index is 0. The van der Waals surface area contributed by atoms with Crippen molar-refractivity contribution < 1.29 is 9.47 Å². The molecule has 1 aliphatic carbocycles. The number of anilines is 1. The van der Waals surface area contributed by atoms with E-state index in [-0.39, 0.29) is 24.0 Å². The third-order valence-corrected chi connectivity index (χ3v) is 3.99. The highest BCUT2D eigenvalue weighted by Gasteiger charge is 2.36. The Labute approximate surface area is 162 Å². The number of nitrogens with one attached hydrogen (secondary N) is 2. The fourth-order valence-electron chi connectivity index (χ4n) is 2.64. The largest absolute Gasteiger partial charge is 0.493 e. The maximum absolute atomic E-state index is 5.73. The lowest BCUT2D eigenvalue weighted by Gasteiger charge is -2.13. The van der Waals surface area contributed by atoms with E-state index in [9.17, 15) is 0 Å². The summed E-state index contributed by atoms with van der Waals surface area (Å²) in [7, 11) is 3.51. The van der Waals surface area contributed by atoms with Gasteiger partial charge in [-0.25, -0.2) is 0 Å². The number of halogens is 1. The third kappa shape index (κ3) is 7.25. The van der Waals surface area contributed by atoms with Crippen LogP contribution in [0.25, 0.3) is 0 Å². The first-order valence-corrected chi connectivity index (χ1v) is 8.49. The zero-order valence-corrected chi connectivity index (χ0v) is 17.2. The van der Waals surface area contributed by atoms with Crippen LogP contribution >= 0.6 is 24.0 Å². The molecule has 1 aromatic carbocycles. The Hall–Kier alpha value is -1.02. The van der Waals surface area contributed by atoms with E-state index in [2.05, 4.69) is 22.5 Å². The Kier molecular flexibility index (Phi) is 10.1. The van der Waals surface area contributed by atoms with Crippen LogP contribution in [0.1, 0.15) is 32.6 Å². The fourth-order valence-corrected chi connectivity index (χ4v) is 2.64. The number of aliphatic imine (C=N–C) groups is 1. The Balaban J connectivity index is 0.00000288. The zero-order chi connectivity index (χ0) is 16.5. The molecule has 1 saturated carbocycles. The van der Waals surface area contributed by atoms with Gasteiger partial charge in [-0.3, -0.25) is 4.99 Å². The summed E-state index contributed by atoms with van der Waals surface area (Å²) in [4.78, 5) is 4.31. The lowest BCUT2D eigenvalue weighted by Crippen LogP contribution is -2.33. The maximum Gasteiger partial charge on any atom is 0.195 e. The van der Waals surface area contributed by atoms with E-state index in [0.29, 0.717) is 12.6 Å². The highest BCUT2D eigenvalue weighted by Crippen LogP contribution is 2.34. The first-order valence-electron chi connectivity index (χ1n) is 8.49. The molecular weight excluding hydrogens is 417 g/mol. The predicted molar refractivity (Wildman–Crippen MR) is 111 cm³/mol. The molecule has 5 nitrogen and oxygen atoms in total. The van der Waals surface area contributed by atoms with Gasteiger partial charge in [0, 0.05) is 45.0 Å². The number of nitrogens with zero attached hydrogens (tertiary/aromatic N) is 1. The van der Waals surface area contributed by atoms with Crippen LogP contribution < -0.4 is 15.4 Å². The van der Waals surface area contributed by atoms with E-state index in [1.165, 1.54) is 19.3 Å². The minimum atomic E-state index is 0. The molecular formula is C18H30IN3O2. The maximum atomic E-state index is 5.73. The third-order valence-electron chi connectivity index (χ3n) is 3.99. The van der Waals surface area contributed by atoms with Gasteiger partial charge in [-0.2, -0.15) is 0 Å². The molecule has 1 aromatic rings. The highest BCUT2D eigenvalue weighted by molar-refractivity contribution is 14.0. The molecule has 0 radical (unpaired) electrons. The number of ether oxygens (including phenoxy) is 2. The summed E-state index contributed by atoms with van der Waals surface area (Å²) < 4.78 is 10.7. The summed E-state index contributed by atoms with van der Waals surface area (Å²) >= 11 is 0. The molecule has 0 bridgehead atoms. The molecule has 6 heteroatoms. The SMILES string of the molecule is CCCC1CC1NC(=NC)Nc1cccc(OCCCOC)c1.I. The second-order valence-electron chi connectivity index (χ2n) is 5.96. The molecule has 0 spiro atoms. The van der Waals surface area contributed by atoms with Gasteiger partial charge in [-0.05, 0) is 30.9 Å². The highest BCUT2D eigenvalue weighted by atomic mass is 127. The van der Waals surface area contributed by atoms with Gasteiger partial charge in [0.1, 0.15) is 5.75 Å². The van der Waals surface area contributed by atoms with E-state index >= 15 is 0 Å². The van der Waals surface area contributed by atoms with Gasteiger partial charge in [0.05, 0.1) is 6.61 Å². The van der Waals surface area contributed by atoms with Crippen molar-refractivity contribution in [3.63, 3.8) is 0 Å². The molecule has 1 aliphatic rings. The topological polar surface area (TPSA) is 54.9 Å². The number of hydrogen-bond acceptors (Lipinski definition) is 3. The molecule has 0 aliphatic heterocycles. The lowest BCUT2D eigenvalue weighted by atomic mass is 10.2. The monoisotopic (exact) mass is 447 g/mol. The van der Waals surface area contributed by atoms with E-state index in [1.807, 2.05) is 24.3 Å². The van der Waals surface area contributed by atoms with Crippen molar-refractivity contribution in [1.29, 1.82) is 0 Å². The average Bonchev–Trinajstić information content (AvgIpc) is 3.29. The molecule has 2 unspecified atom stereocenters. The van der Waals surface area contributed by atoms with Crippen LogP contribution in [0.2, 0.25) is 0 Å². The fraction of sp³-hybridized carbons (Fsp3) is 0.611. The Morgan fingerprint density at radius 2 is 2.17 bits per heavy atom. The number of hydrogen-bond donors (Lipinski definition) is 2. The molecule has 0 amide bonds.